The van der Waals surface area contributed by atoms with Gasteiger partial charge in [0, 0.05) is 86.8 Å². The summed E-state index contributed by atoms with van der Waals surface area (Å²) in [5.74, 6) is -1.50. The number of nitrogens with one attached hydrogen (secondary N) is 3. The second-order valence-electron chi connectivity index (χ2n) is 16.8. The largest absolute Gasteiger partial charge is 0.382 e. The molecule has 2 aromatic heterocycles. The number of aliphatic hydroxyl groups is 1. The van der Waals surface area contributed by atoms with Crippen LogP contribution in [0, 0.1) is 0 Å². The fraction of sp³-hybridized carbons (Fsp3) is 0.367. The standard InChI is InChI=1S/C49H53N9O9S/c59-41-14-12-39(44(60)53-41)58-47(63)36-7-4-8-38(42(36)48(58)64)50-15-22-65-24-26-67-27-25-66-23-21-55-17-19-56(20-18-55)40-13-11-34(30-52-40)33-9-10-35-31-57(46(62)37(35)29-33)43(32-5-2-1-3-6-32)45(61)54-49-51-16-28-68-49/h1-11,13,16,28-30,39,43,46,50,62H,12,14-15,17-27,31H2,(H,51,54,61)(H,53,59,60). The highest BCUT2D eigenvalue weighted by Gasteiger charge is 2.46. The molecule has 0 aliphatic carbocycles. The number of pyridine rings is 1. The highest BCUT2D eigenvalue weighted by atomic mass is 32.1. The van der Waals surface area contributed by atoms with Crippen molar-refractivity contribution in [3.05, 3.63) is 124 Å². The molecule has 5 aromatic rings. The average molecular weight is 944 g/mol. The first-order chi connectivity index (χ1) is 33.2. The first-order valence-electron chi connectivity index (χ1n) is 22.8. The molecule has 9 rings (SSSR count). The molecule has 0 radical (unpaired) electrons. The smallest absolute Gasteiger partial charge is 0.264 e. The van der Waals surface area contributed by atoms with E-state index in [4.69, 9.17) is 19.2 Å². The van der Waals surface area contributed by atoms with Crippen LogP contribution in [0.25, 0.3) is 11.1 Å². The zero-order valence-electron chi connectivity index (χ0n) is 37.4. The van der Waals surface area contributed by atoms with E-state index in [1.165, 1.54) is 11.3 Å². The highest BCUT2D eigenvalue weighted by molar-refractivity contribution is 7.13. The minimum atomic E-state index is -1.02. The van der Waals surface area contributed by atoms with Gasteiger partial charge in [-0.25, -0.2) is 9.97 Å². The Morgan fingerprint density at radius 2 is 1.60 bits per heavy atom. The van der Waals surface area contributed by atoms with Crippen LogP contribution in [0.4, 0.5) is 16.6 Å². The fourth-order valence-corrected chi connectivity index (χ4v) is 9.57. The maximum absolute atomic E-state index is 13.6. The summed E-state index contributed by atoms with van der Waals surface area (Å²) in [6, 6.07) is 22.9. The van der Waals surface area contributed by atoms with Gasteiger partial charge in [0.15, 0.2) is 5.13 Å². The summed E-state index contributed by atoms with van der Waals surface area (Å²) in [7, 11) is 0. The molecular weight excluding hydrogens is 891 g/mol. The second-order valence-corrected chi connectivity index (χ2v) is 17.7. The van der Waals surface area contributed by atoms with Crippen molar-refractivity contribution >= 4 is 57.5 Å². The van der Waals surface area contributed by atoms with E-state index in [1.54, 1.807) is 24.4 Å². The Kier molecular flexibility index (Phi) is 14.9. The number of amides is 5. The van der Waals surface area contributed by atoms with Gasteiger partial charge in [0.2, 0.25) is 17.7 Å². The Labute approximate surface area is 397 Å². The average Bonchev–Trinajstić information content (AvgIpc) is 4.06. The predicted octanol–water partition coefficient (Wildman–Crippen LogP) is 4.08. The number of thiazole rings is 1. The normalized spacial score (nSPS) is 19.0. The summed E-state index contributed by atoms with van der Waals surface area (Å²) in [4.78, 5) is 80.4. The van der Waals surface area contributed by atoms with E-state index in [-0.39, 0.29) is 29.9 Å². The lowest BCUT2D eigenvalue weighted by molar-refractivity contribution is -0.136. The molecule has 0 saturated carbocycles. The Hall–Kier alpha value is -6.45. The molecule has 18 nitrogen and oxygen atoms in total. The molecule has 3 unspecified atom stereocenters. The Balaban J connectivity index is 0.645. The van der Waals surface area contributed by atoms with Gasteiger partial charge in [-0.05, 0) is 53.4 Å². The van der Waals surface area contributed by atoms with Crippen molar-refractivity contribution in [3.63, 3.8) is 0 Å². The van der Waals surface area contributed by atoms with Crippen LogP contribution in [-0.4, -0.2) is 144 Å². The van der Waals surface area contributed by atoms with Gasteiger partial charge in [-0.3, -0.25) is 44.0 Å². The van der Waals surface area contributed by atoms with Gasteiger partial charge in [-0.15, -0.1) is 11.3 Å². The van der Waals surface area contributed by atoms with Crippen molar-refractivity contribution in [2.75, 3.05) is 94.4 Å². The fourth-order valence-electron chi connectivity index (χ4n) is 9.04. The number of imide groups is 2. The molecule has 354 valence electrons. The van der Waals surface area contributed by atoms with Crippen LogP contribution in [0.15, 0.2) is 96.6 Å². The van der Waals surface area contributed by atoms with E-state index in [1.807, 2.05) is 71.1 Å². The number of anilines is 3. The number of aliphatic hydroxyl groups excluding tert-OH is 1. The number of ether oxygens (including phenoxy) is 3. The zero-order chi connectivity index (χ0) is 47.0. The number of nitrogens with zero attached hydrogens (tertiary/aromatic N) is 6. The van der Waals surface area contributed by atoms with Crippen molar-refractivity contribution in [3.8, 4) is 11.1 Å². The van der Waals surface area contributed by atoms with Gasteiger partial charge >= 0.3 is 0 Å². The lowest BCUT2D eigenvalue weighted by atomic mass is 10.0. The lowest BCUT2D eigenvalue weighted by Gasteiger charge is -2.35. The highest BCUT2D eigenvalue weighted by Crippen LogP contribution is 2.41. The van der Waals surface area contributed by atoms with E-state index in [2.05, 4.69) is 36.8 Å². The van der Waals surface area contributed by atoms with E-state index in [0.29, 0.717) is 63.5 Å². The molecule has 4 aliphatic rings. The maximum Gasteiger partial charge on any atom is 0.264 e. The van der Waals surface area contributed by atoms with Crippen molar-refractivity contribution in [1.82, 2.24) is 30.0 Å². The predicted molar refractivity (Wildman–Crippen MR) is 253 cm³/mol. The number of carbonyl (C=O) groups excluding carboxylic acids is 5. The number of rotatable bonds is 20. The summed E-state index contributed by atoms with van der Waals surface area (Å²) < 4.78 is 17.2. The van der Waals surface area contributed by atoms with Crippen LogP contribution in [0.5, 0.6) is 0 Å². The summed E-state index contributed by atoms with van der Waals surface area (Å²) >= 11 is 1.35. The van der Waals surface area contributed by atoms with Crippen LogP contribution >= 0.6 is 11.3 Å². The van der Waals surface area contributed by atoms with Gasteiger partial charge in [0.25, 0.3) is 11.8 Å². The van der Waals surface area contributed by atoms with Gasteiger partial charge in [0.05, 0.1) is 50.8 Å². The zero-order valence-corrected chi connectivity index (χ0v) is 38.2. The van der Waals surface area contributed by atoms with E-state index >= 15 is 0 Å². The lowest BCUT2D eigenvalue weighted by Crippen LogP contribution is -2.54. The molecule has 5 amide bonds. The molecule has 4 aliphatic heterocycles. The van der Waals surface area contributed by atoms with E-state index < -0.39 is 41.9 Å². The van der Waals surface area contributed by atoms with E-state index in [9.17, 15) is 29.1 Å². The third-order valence-corrected chi connectivity index (χ3v) is 13.2. The topological polar surface area (TPSA) is 208 Å². The van der Waals surface area contributed by atoms with E-state index in [0.717, 1.165) is 71.3 Å². The summed E-state index contributed by atoms with van der Waals surface area (Å²) in [5.41, 5.74) is 5.32. The molecule has 2 saturated heterocycles. The minimum absolute atomic E-state index is 0.0623. The molecule has 2 fully saturated rings. The van der Waals surface area contributed by atoms with Crippen LogP contribution in [0.2, 0.25) is 0 Å². The second kappa shape index (κ2) is 21.7. The monoisotopic (exact) mass is 943 g/mol. The third kappa shape index (κ3) is 10.5. The SMILES string of the molecule is O=C1CCC(N2C(=O)c3cccc(NCCOCCOCCOCCN4CCN(c5ccc(-c6ccc7c(c6)C(O)N(C(C(=O)Nc6nccs6)c6ccccc6)C7)cn5)CC4)c3C2=O)C(=O)N1. The van der Waals surface area contributed by atoms with Crippen LogP contribution in [0.1, 0.15) is 62.5 Å². The van der Waals surface area contributed by atoms with Crippen molar-refractivity contribution < 1.29 is 43.3 Å². The summed E-state index contributed by atoms with van der Waals surface area (Å²) in [6.45, 7) is 7.73. The number of hydrogen-bond acceptors (Lipinski definition) is 16. The molecule has 19 heteroatoms. The minimum Gasteiger partial charge on any atom is -0.382 e. The molecule has 0 bridgehead atoms. The van der Waals surface area contributed by atoms with Gasteiger partial charge in [0.1, 0.15) is 24.1 Å². The van der Waals surface area contributed by atoms with Crippen LogP contribution in [0.3, 0.4) is 0 Å². The van der Waals surface area contributed by atoms with Gasteiger partial charge < -0.3 is 34.9 Å². The number of hydrogen-bond donors (Lipinski definition) is 4. The van der Waals surface area contributed by atoms with Gasteiger partial charge in [-0.2, -0.15) is 0 Å². The van der Waals surface area contributed by atoms with Crippen LogP contribution in [-0.2, 0) is 35.1 Å². The number of piperazine rings is 1. The molecule has 0 spiro atoms. The number of carbonyl (C=O) groups is 5. The Bertz CT molecular complexity index is 2590. The van der Waals surface area contributed by atoms with Gasteiger partial charge in [-0.1, -0.05) is 48.5 Å². The number of fused-ring (bicyclic) bond motifs is 2. The molecule has 68 heavy (non-hydrogen) atoms. The van der Waals surface area contributed by atoms with Crippen molar-refractivity contribution in [2.24, 2.45) is 0 Å². The Morgan fingerprint density at radius 1 is 0.838 bits per heavy atom. The molecule has 4 N–H and O–H groups in total. The maximum atomic E-state index is 13.6. The summed E-state index contributed by atoms with van der Waals surface area (Å²) in [5, 5.41) is 22.3. The van der Waals surface area contributed by atoms with Crippen molar-refractivity contribution in [2.45, 2.75) is 37.7 Å². The Morgan fingerprint density at radius 3 is 2.34 bits per heavy atom. The third-order valence-electron chi connectivity index (χ3n) is 12.6. The van der Waals surface area contributed by atoms with Crippen LogP contribution < -0.4 is 20.9 Å². The summed E-state index contributed by atoms with van der Waals surface area (Å²) in [6.07, 6.45) is 2.71. The van der Waals surface area contributed by atoms with Crippen molar-refractivity contribution in [1.29, 1.82) is 0 Å². The number of aromatic nitrogens is 2. The first kappa shape index (κ1) is 46.7. The number of piperidine rings is 1. The molecule has 3 atom stereocenters. The number of benzene rings is 3. The first-order valence-corrected chi connectivity index (χ1v) is 23.7. The molecular formula is C49H53N9O9S. The molecule has 3 aromatic carbocycles. The quantitative estimate of drug-likeness (QED) is 0.0641. The molecule has 6 heterocycles.